The van der Waals surface area contributed by atoms with Gasteiger partial charge in [0.1, 0.15) is 0 Å². The van der Waals surface area contributed by atoms with Crippen molar-refractivity contribution >= 4 is 5.91 Å². The zero-order valence-electron chi connectivity index (χ0n) is 11.4. The number of hydrogen-bond acceptors (Lipinski definition) is 3. The first-order valence-corrected chi connectivity index (χ1v) is 6.71. The number of carbonyl (C=O) groups excluding carboxylic acids is 1. The minimum atomic E-state index is 0.0182. The van der Waals surface area contributed by atoms with E-state index >= 15 is 0 Å². The highest BCUT2D eigenvalue weighted by molar-refractivity contribution is 5.92. The second-order valence-corrected chi connectivity index (χ2v) is 5.47. The number of likely N-dealkylation sites (tertiary alicyclic amines) is 1. The molecule has 0 N–H and O–H groups in total. The van der Waals surface area contributed by atoms with E-state index in [-0.39, 0.29) is 5.91 Å². The van der Waals surface area contributed by atoms with E-state index in [1.54, 1.807) is 6.07 Å². The third kappa shape index (κ3) is 2.86. The van der Waals surface area contributed by atoms with Crippen LogP contribution in [0.25, 0.3) is 0 Å². The summed E-state index contributed by atoms with van der Waals surface area (Å²) < 4.78 is 0. The monoisotopic (exact) mass is 247 g/mol. The Balaban J connectivity index is 2.04. The van der Waals surface area contributed by atoms with Crippen molar-refractivity contribution in [2.45, 2.75) is 39.5 Å². The minimum Gasteiger partial charge on any atom is -0.337 e. The fraction of sp³-hybridized carbons (Fsp3) is 0.643. The van der Waals surface area contributed by atoms with E-state index in [1.807, 2.05) is 11.0 Å². The van der Waals surface area contributed by atoms with E-state index in [4.69, 9.17) is 0 Å². The lowest BCUT2D eigenvalue weighted by Gasteiger charge is -2.29. The maximum absolute atomic E-state index is 12.2. The Morgan fingerprint density at radius 3 is 2.44 bits per heavy atom. The van der Waals surface area contributed by atoms with Crippen molar-refractivity contribution in [2.24, 2.45) is 5.92 Å². The topological polar surface area (TPSA) is 46.1 Å². The molecule has 98 valence electrons. The maximum Gasteiger partial charge on any atom is 0.274 e. The molecule has 1 amide bonds. The Hall–Kier alpha value is -1.45. The van der Waals surface area contributed by atoms with Crippen LogP contribution >= 0.6 is 0 Å². The van der Waals surface area contributed by atoms with E-state index in [2.05, 4.69) is 31.0 Å². The molecule has 0 spiro atoms. The first-order chi connectivity index (χ1) is 8.58. The number of hydrogen-bond donors (Lipinski definition) is 0. The predicted molar refractivity (Wildman–Crippen MR) is 70.4 cm³/mol. The molecule has 1 fully saturated rings. The molecule has 1 aliphatic rings. The van der Waals surface area contributed by atoms with Crippen LogP contribution in [0.3, 0.4) is 0 Å². The van der Waals surface area contributed by atoms with Gasteiger partial charge >= 0.3 is 0 Å². The molecule has 2 rings (SSSR count). The molecule has 0 aromatic carbocycles. The number of nitrogens with zero attached hydrogens (tertiary/aromatic N) is 3. The molecule has 1 aliphatic heterocycles. The summed E-state index contributed by atoms with van der Waals surface area (Å²) in [5.74, 6) is 1.09. The van der Waals surface area contributed by atoms with E-state index in [0.29, 0.717) is 11.6 Å². The average Bonchev–Trinajstić information content (AvgIpc) is 2.39. The van der Waals surface area contributed by atoms with Gasteiger partial charge in [0.25, 0.3) is 5.91 Å². The molecular weight excluding hydrogens is 226 g/mol. The van der Waals surface area contributed by atoms with E-state index in [0.717, 1.165) is 37.5 Å². The largest absolute Gasteiger partial charge is 0.337 e. The first kappa shape index (κ1) is 13.0. The van der Waals surface area contributed by atoms with Crippen LogP contribution < -0.4 is 0 Å². The Kier molecular flexibility index (Phi) is 3.94. The van der Waals surface area contributed by atoms with Crippen molar-refractivity contribution in [1.82, 2.24) is 15.1 Å². The number of carbonyl (C=O) groups is 1. The fourth-order valence-electron chi connectivity index (χ4n) is 2.14. The van der Waals surface area contributed by atoms with Crippen molar-refractivity contribution in [3.05, 3.63) is 23.5 Å². The van der Waals surface area contributed by atoms with Crippen LogP contribution in [0.15, 0.2) is 12.1 Å². The highest BCUT2D eigenvalue weighted by Crippen LogP contribution is 2.18. The molecule has 0 atom stereocenters. The second-order valence-electron chi connectivity index (χ2n) is 5.47. The molecule has 18 heavy (non-hydrogen) atoms. The van der Waals surface area contributed by atoms with Crippen LogP contribution in [0, 0.1) is 5.92 Å². The van der Waals surface area contributed by atoms with Crippen LogP contribution in [-0.4, -0.2) is 34.1 Å². The highest BCUT2D eigenvalue weighted by Gasteiger charge is 2.22. The number of rotatable bonds is 2. The van der Waals surface area contributed by atoms with E-state index in [9.17, 15) is 4.79 Å². The molecular formula is C14H21N3O. The third-order valence-corrected chi connectivity index (χ3v) is 3.57. The summed E-state index contributed by atoms with van der Waals surface area (Å²) >= 11 is 0. The molecule has 0 unspecified atom stereocenters. The number of piperidine rings is 1. The van der Waals surface area contributed by atoms with Crippen molar-refractivity contribution in [3.63, 3.8) is 0 Å². The molecule has 4 nitrogen and oxygen atoms in total. The summed E-state index contributed by atoms with van der Waals surface area (Å²) in [6.07, 6.45) is 2.17. The molecule has 1 saturated heterocycles. The smallest absolute Gasteiger partial charge is 0.274 e. The van der Waals surface area contributed by atoms with E-state index < -0.39 is 0 Å². The van der Waals surface area contributed by atoms with Gasteiger partial charge in [-0.05, 0) is 36.8 Å². The molecule has 2 heterocycles. The lowest BCUT2D eigenvalue weighted by atomic mass is 9.99. The van der Waals surface area contributed by atoms with Crippen LogP contribution in [0.2, 0.25) is 0 Å². The quantitative estimate of drug-likeness (QED) is 0.806. The molecule has 1 aromatic heterocycles. The average molecular weight is 247 g/mol. The second kappa shape index (κ2) is 5.46. The van der Waals surface area contributed by atoms with Crippen LogP contribution in [-0.2, 0) is 0 Å². The number of amides is 1. The van der Waals surface area contributed by atoms with Gasteiger partial charge in [0.05, 0.1) is 5.69 Å². The van der Waals surface area contributed by atoms with Crippen molar-refractivity contribution in [3.8, 4) is 0 Å². The summed E-state index contributed by atoms with van der Waals surface area (Å²) in [5.41, 5.74) is 1.40. The molecule has 4 heteroatoms. The summed E-state index contributed by atoms with van der Waals surface area (Å²) in [7, 11) is 0. The third-order valence-electron chi connectivity index (χ3n) is 3.57. The molecule has 0 aliphatic carbocycles. The molecule has 0 saturated carbocycles. The van der Waals surface area contributed by atoms with E-state index in [1.165, 1.54) is 0 Å². The van der Waals surface area contributed by atoms with Gasteiger partial charge in [-0.1, -0.05) is 20.8 Å². The molecule has 1 aromatic rings. The zero-order chi connectivity index (χ0) is 13.1. The zero-order valence-corrected chi connectivity index (χ0v) is 11.4. The van der Waals surface area contributed by atoms with Gasteiger partial charge in [-0.15, -0.1) is 5.10 Å². The maximum atomic E-state index is 12.2. The van der Waals surface area contributed by atoms with Gasteiger partial charge < -0.3 is 4.90 Å². The Morgan fingerprint density at radius 1 is 1.28 bits per heavy atom. The SMILES string of the molecule is CC1CCN(C(=O)c2ccc(C(C)C)nn2)CC1. The summed E-state index contributed by atoms with van der Waals surface area (Å²) in [6.45, 7) is 8.05. The standard InChI is InChI=1S/C14H21N3O/c1-10(2)12-4-5-13(16-15-12)14(18)17-8-6-11(3)7-9-17/h4-5,10-11H,6-9H2,1-3H3. The van der Waals surface area contributed by atoms with Crippen LogP contribution in [0.5, 0.6) is 0 Å². The first-order valence-electron chi connectivity index (χ1n) is 6.71. The molecule has 0 radical (unpaired) electrons. The highest BCUT2D eigenvalue weighted by atomic mass is 16.2. The van der Waals surface area contributed by atoms with Crippen LogP contribution in [0.1, 0.15) is 55.7 Å². The Labute approximate surface area is 108 Å². The lowest BCUT2D eigenvalue weighted by Crippen LogP contribution is -2.38. The Morgan fingerprint density at radius 2 is 1.94 bits per heavy atom. The predicted octanol–water partition coefficient (Wildman–Crippen LogP) is 2.47. The summed E-state index contributed by atoms with van der Waals surface area (Å²) in [5, 5.41) is 8.16. The van der Waals surface area contributed by atoms with Gasteiger partial charge in [0.2, 0.25) is 0 Å². The van der Waals surface area contributed by atoms with Crippen molar-refractivity contribution in [2.75, 3.05) is 13.1 Å². The van der Waals surface area contributed by atoms with Gasteiger partial charge in [0, 0.05) is 13.1 Å². The minimum absolute atomic E-state index is 0.0182. The van der Waals surface area contributed by atoms with Gasteiger partial charge in [-0.25, -0.2) is 0 Å². The summed E-state index contributed by atoms with van der Waals surface area (Å²) in [4.78, 5) is 14.1. The summed E-state index contributed by atoms with van der Waals surface area (Å²) in [6, 6.07) is 3.69. The van der Waals surface area contributed by atoms with Gasteiger partial charge in [-0.2, -0.15) is 5.10 Å². The molecule has 0 bridgehead atoms. The fourth-order valence-corrected chi connectivity index (χ4v) is 2.14. The van der Waals surface area contributed by atoms with Crippen molar-refractivity contribution in [1.29, 1.82) is 0 Å². The van der Waals surface area contributed by atoms with Gasteiger partial charge in [-0.3, -0.25) is 4.79 Å². The van der Waals surface area contributed by atoms with Crippen LogP contribution in [0.4, 0.5) is 0 Å². The van der Waals surface area contributed by atoms with Crippen molar-refractivity contribution < 1.29 is 4.79 Å². The Bertz CT molecular complexity index is 406. The lowest BCUT2D eigenvalue weighted by molar-refractivity contribution is 0.0690. The number of aromatic nitrogens is 2. The normalized spacial score (nSPS) is 17.2. The van der Waals surface area contributed by atoms with Gasteiger partial charge in [0.15, 0.2) is 5.69 Å².